The van der Waals surface area contributed by atoms with Crippen LogP contribution in [0.4, 0.5) is 0 Å². The lowest BCUT2D eigenvalue weighted by molar-refractivity contribution is -0.120. The molecule has 34 heavy (non-hydrogen) atoms. The number of Topliss-reactive ketones (excluding diaryl/α,β-unsaturated/α-hetero) is 1. The number of rotatable bonds is 7. The first-order chi connectivity index (χ1) is 16.6. The van der Waals surface area contributed by atoms with Gasteiger partial charge < -0.3 is 13.7 Å². The van der Waals surface area contributed by atoms with E-state index in [0.29, 0.717) is 28.2 Å². The molecule has 0 fully saturated rings. The van der Waals surface area contributed by atoms with Gasteiger partial charge in [-0.1, -0.05) is 65.8 Å². The maximum Gasteiger partial charge on any atom is 0.336 e. The van der Waals surface area contributed by atoms with Crippen LogP contribution in [0.5, 0.6) is 5.75 Å². The minimum absolute atomic E-state index is 0.0753. The van der Waals surface area contributed by atoms with Crippen molar-refractivity contribution in [2.75, 3.05) is 6.61 Å². The maximum atomic E-state index is 12.6. The molecule has 6 nitrogen and oxygen atoms in total. The Morgan fingerprint density at radius 1 is 0.941 bits per heavy atom. The third-order valence-electron chi connectivity index (χ3n) is 5.62. The van der Waals surface area contributed by atoms with Gasteiger partial charge in [-0.15, -0.1) is 0 Å². The zero-order valence-corrected chi connectivity index (χ0v) is 18.5. The van der Waals surface area contributed by atoms with Gasteiger partial charge in [0.2, 0.25) is 0 Å². The minimum atomic E-state index is -0.465. The van der Waals surface area contributed by atoms with E-state index in [1.165, 1.54) is 6.07 Å². The molecule has 0 saturated carbocycles. The Bertz CT molecular complexity index is 1500. The average Bonchev–Trinajstić information content (AvgIpc) is 3.39. The number of ether oxygens (including phenoxy) is 1. The first kappa shape index (κ1) is 21.4. The normalized spacial score (nSPS) is 11.0. The average molecular weight is 451 g/mol. The molecule has 3 aromatic carbocycles. The molecule has 0 bridgehead atoms. The first-order valence-corrected chi connectivity index (χ1v) is 10.9. The van der Waals surface area contributed by atoms with E-state index in [0.717, 1.165) is 22.1 Å². The largest absolute Gasteiger partial charge is 0.485 e. The molecule has 168 valence electrons. The van der Waals surface area contributed by atoms with Gasteiger partial charge >= 0.3 is 5.63 Å². The number of hydrogen-bond acceptors (Lipinski definition) is 6. The van der Waals surface area contributed by atoms with Crippen LogP contribution in [0.15, 0.2) is 98.8 Å². The highest BCUT2D eigenvalue weighted by molar-refractivity contribution is 5.99. The number of hydrogen-bond donors (Lipinski definition) is 0. The summed E-state index contributed by atoms with van der Waals surface area (Å²) in [7, 11) is 0. The van der Waals surface area contributed by atoms with Crippen molar-refractivity contribution >= 4 is 16.8 Å². The second-order valence-electron chi connectivity index (χ2n) is 7.97. The molecule has 0 spiro atoms. The van der Waals surface area contributed by atoms with Gasteiger partial charge in [0.1, 0.15) is 17.9 Å². The summed E-state index contributed by atoms with van der Waals surface area (Å²) in [6, 6.07) is 24.2. The molecular weight excluding hydrogens is 430 g/mol. The first-order valence-electron chi connectivity index (χ1n) is 10.9. The molecule has 5 rings (SSSR count). The lowest BCUT2D eigenvalue weighted by atomic mass is 9.96. The molecule has 0 radical (unpaired) electrons. The van der Waals surface area contributed by atoms with E-state index in [-0.39, 0.29) is 18.8 Å². The van der Waals surface area contributed by atoms with E-state index in [4.69, 9.17) is 13.7 Å². The van der Waals surface area contributed by atoms with E-state index in [2.05, 4.69) is 5.16 Å². The van der Waals surface area contributed by atoms with Crippen molar-refractivity contribution in [2.45, 2.75) is 13.3 Å². The zero-order valence-electron chi connectivity index (χ0n) is 18.5. The van der Waals surface area contributed by atoms with Crippen LogP contribution in [0.2, 0.25) is 0 Å². The molecule has 0 aliphatic rings. The Hall–Kier alpha value is -4.45. The fourth-order valence-electron chi connectivity index (χ4n) is 4.05. The van der Waals surface area contributed by atoms with Gasteiger partial charge in [-0.05, 0) is 29.7 Å². The number of carbonyl (C=O) groups is 1. The van der Waals surface area contributed by atoms with Gasteiger partial charge in [-0.2, -0.15) is 0 Å². The highest BCUT2D eigenvalue weighted by Gasteiger charge is 2.21. The van der Waals surface area contributed by atoms with Crippen LogP contribution in [-0.4, -0.2) is 17.5 Å². The Balaban J connectivity index is 1.60. The number of ketones is 1. The monoisotopic (exact) mass is 451 g/mol. The summed E-state index contributed by atoms with van der Waals surface area (Å²) in [4.78, 5) is 25.1. The van der Waals surface area contributed by atoms with Crippen molar-refractivity contribution in [3.8, 4) is 28.2 Å². The van der Waals surface area contributed by atoms with Crippen molar-refractivity contribution in [2.24, 2.45) is 0 Å². The topological polar surface area (TPSA) is 82.5 Å². The molecule has 0 saturated heterocycles. The van der Waals surface area contributed by atoms with E-state index >= 15 is 0 Å². The molecule has 6 heteroatoms. The summed E-state index contributed by atoms with van der Waals surface area (Å²) in [6.07, 6.45) is 1.81. The summed E-state index contributed by atoms with van der Waals surface area (Å²) in [5.74, 6) is 0.827. The Morgan fingerprint density at radius 3 is 2.38 bits per heavy atom. The Kier molecular flexibility index (Phi) is 5.79. The van der Waals surface area contributed by atoms with Crippen LogP contribution in [0.1, 0.15) is 11.1 Å². The quantitative estimate of drug-likeness (QED) is 0.299. The number of benzene rings is 3. The number of aromatic nitrogens is 1. The van der Waals surface area contributed by atoms with Crippen molar-refractivity contribution in [1.29, 1.82) is 0 Å². The molecule has 0 atom stereocenters. The number of carbonyl (C=O) groups excluding carboxylic acids is 1. The van der Waals surface area contributed by atoms with Crippen molar-refractivity contribution < 1.29 is 18.5 Å². The van der Waals surface area contributed by atoms with Crippen LogP contribution in [0.3, 0.4) is 0 Å². The molecule has 2 aromatic heterocycles. The van der Waals surface area contributed by atoms with Gasteiger partial charge in [0.05, 0.1) is 11.8 Å². The third kappa shape index (κ3) is 4.26. The lowest BCUT2D eigenvalue weighted by Gasteiger charge is -2.16. The van der Waals surface area contributed by atoms with Crippen LogP contribution in [0.25, 0.3) is 33.4 Å². The summed E-state index contributed by atoms with van der Waals surface area (Å²) < 4.78 is 17.1. The Labute approximate surface area is 195 Å². The molecule has 2 heterocycles. The summed E-state index contributed by atoms with van der Waals surface area (Å²) >= 11 is 0. The lowest BCUT2D eigenvalue weighted by Crippen LogP contribution is -2.15. The minimum Gasteiger partial charge on any atom is -0.485 e. The second-order valence-corrected chi connectivity index (χ2v) is 7.97. The van der Waals surface area contributed by atoms with E-state index < -0.39 is 5.63 Å². The zero-order chi connectivity index (χ0) is 23.5. The van der Waals surface area contributed by atoms with Crippen LogP contribution >= 0.6 is 0 Å². The van der Waals surface area contributed by atoms with Crippen molar-refractivity contribution in [3.05, 3.63) is 107 Å². The van der Waals surface area contributed by atoms with Gasteiger partial charge in [-0.3, -0.25) is 4.79 Å². The number of fused-ring (bicyclic) bond motifs is 1. The van der Waals surface area contributed by atoms with Crippen molar-refractivity contribution in [1.82, 2.24) is 5.16 Å². The Morgan fingerprint density at radius 2 is 1.68 bits per heavy atom. The SMILES string of the molecule is Cc1c(OCC(=O)Cc2ccccc2)c(-c2ccno2)cc2c(-c3ccccc3)cc(=O)oc12. The van der Waals surface area contributed by atoms with Gasteiger partial charge in [-0.25, -0.2) is 4.79 Å². The van der Waals surface area contributed by atoms with E-state index in [1.54, 1.807) is 19.2 Å². The van der Waals surface area contributed by atoms with E-state index in [1.807, 2.05) is 66.7 Å². The molecular formula is C28H21NO5. The molecule has 5 aromatic rings. The molecule has 0 unspecified atom stereocenters. The molecule has 0 aliphatic carbocycles. The molecule has 0 amide bonds. The van der Waals surface area contributed by atoms with Crippen LogP contribution < -0.4 is 10.4 Å². The maximum absolute atomic E-state index is 12.6. The van der Waals surface area contributed by atoms with Gasteiger partial charge in [0.15, 0.2) is 11.5 Å². The summed E-state index contributed by atoms with van der Waals surface area (Å²) in [5, 5.41) is 4.56. The fraction of sp³-hybridized carbons (Fsp3) is 0.107. The predicted octanol–water partition coefficient (Wildman–Crippen LogP) is 5.61. The van der Waals surface area contributed by atoms with Crippen molar-refractivity contribution in [3.63, 3.8) is 0 Å². The summed E-state index contributed by atoms with van der Waals surface area (Å²) in [5.41, 5.74) is 3.71. The fourth-order valence-corrected chi connectivity index (χ4v) is 4.05. The molecule has 0 N–H and O–H groups in total. The summed E-state index contributed by atoms with van der Waals surface area (Å²) in [6.45, 7) is 1.67. The number of nitrogens with zero attached hydrogens (tertiary/aromatic N) is 1. The molecule has 0 aliphatic heterocycles. The highest BCUT2D eigenvalue weighted by Crippen LogP contribution is 2.40. The highest BCUT2D eigenvalue weighted by atomic mass is 16.5. The van der Waals surface area contributed by atoms with Gasteiger partial charge in [0, 0.05) is 29.5 Å². The number of aryl methyl sites for hydroxylation is 1. The van der Waals surface area contributed by atoms with Crippen LogP contribution in [-0.2, 0) is 11.2 Å². The third-order valence-corrected chi connectivity index (χ3v) is 5.62. The smallest absolute Gasteiger partial charge is 0.336 e. The predicted molar refractivity (Wildman–Crippen MR) is 129 cm³/mol. The van der Waals surface area contributed by atoms with Crippen LogP contribution in [0, 0.1) is 6.92 Å². The van der Waals surface area contributed by atoms with Gasteiger partial charge in [0.25, 0.3) is 0 Å². The second kappa shape index (κ2) is 9.19. The standard InChI is InChI=1S/C28H21NO5/c1-18-27(32-17-21(30)14-19-8-4-2-5-9-19)24(25-12-13-29-34-25)15-23-22(16-26(31)33-28(18)23)20-10-6-3-7-11-20/h2-13,15-16H,14,17H2,1H3. The van der Waals surface area contributed by atoms with E-state index in [9.17, 15) is 9.59 Å².